The Labute approximate surface area is 204 Å². The summed E-state index contributed by atoms with van der Waals surface area (Å²) in [7, 11) is 0. The number of para-hydroxylation sites is 3. The molecule has 0 N–H and O–H groups in total. The summed E-state index contributed by atoms with van der Waals surface area (Å²) in [6, 6.07) is 29.9. The minimum atomic E-state index is -0.704. The lowest BCUT2D eigenvalue weighted by Crippen LogP contribution is -2.11. The van der Waals surface area contributed by atoms with Crippen LogP contribution in [0.4, 0.5) is 0 Å². The lowest BCUT2D eigenvalue weighted by Gasteiger charge is -2.11. The molecule has 0 spiro atoms. The Morgan fingerprint density at radius 3 is 1.41 bits per heavy atom. The third-order valence-electron chi connectivity index (χ3n) is 5.38. The van der Waals surface area contributed by atoms with E-state index in [0.717, 1.165) is 38.8 Å². The molecule has 0 saturated heterocycles. The van der Waals surface area contributed by atoms with Gasteiger partial charge in [0.1, 0.15) is 22.5 Å². The van der Waals surface area contributed by atoms with Crippen LogP contribution in [0.3, 0.4) is 0 Å². The van der Waals surface area contributed by atoms with Crippen LogP contribution >= 0.6 is 0 Å². The molecule has 3 aromatic heterocycles. The minimum Gasteiger partial charge on any atom is -0.614 e. The zero-order valence-corrected chi connectivity index (χ0v) is 19.8. The Kier molecular flexibility index (Phi) is 6.62. The summed E-state index contributed by atoms with van der Waals surface area (Å²) in [6.07, 6.45) is 5.36. The molecule has 0 fully saturated rings. The molecule has 34 heavy (non-hydrogen) atoms. The summed E-state index contributed by atoms with van der Waals surface area (Å²) >= 11 is -0.704. The normalized spacial score (nSPS) is 10.5. The Balaban J connectivity index is 0.000000183. The molecule has 0 unspecified atom stereocenters. The maximum absolute atomic E-state index is 5.84. The molecule has 0 aliphatic rings. The molecule has 0 aliphatic carbocycles. The van der Waals surface area contributed by atoms with Crippen molar-refractivity contribution >= 4 is 48.6 Å². The summed E-state index contributed by atoms with van der Waals surface area (Å²) in [6.45, 7) is 2.08. The highest BCUT2D eigenvalue weighted by atomic mass is 27.2. The van der Waals surface area contributed by atoms with E-state index in [1.54, 1.807) is 12.4 Å². The van der Waals surface area contributed by atoms with Crippen LogP contribution in [0.1, 0.15) is 5.56 Å². The predicted molar refractivity (Wildman–Crippen MR) is 137 cm³/mol. The average molecular weight is 458 g/mol. The van der Waals surface area contributed by atoms with Crippen LogP contribution in [-0.4, -0.2) is 30.8 Å². The lowest BCUT2D eigenvalue weighted by atomic mass is 10.1. The van der Waals surface area contributed by atoms with E-state index >= 15 is 0 Å². The predicted octanol–water partition coefficient (Wildman–Crippen LogP) is 6.32. The molecule has 0 aliphatic heterocycles. The van der Waals surface area contributed by atoms with E-state index in [0.29, 0.717) is 0 Å². The molecule has 5 nitrogen and oxygen atoms in total. The van der Waals surface area contributed by atoms with Gasteiger partial charge < -0.3 is 7.58 Å². The van der Waals surface area contributed by atoms with Crippen molar-refractivity contribution in [1.29, 1.82) is 0 Å². The SMILES string of the molecule is Cc1cccc2cccnc12.c1cnc2c([O][Al][O]c3cccc4cccnc34)cccc2c1. The number of rotatable bonds is 4. The largest absolute Gasteiger partial charge is 0.882 e. The van der Waals surface area contributed by atoms with Crippen molar-refractivity contribution in [2.75, 3.05) is 0 Å². The van der Waals surface area contributed by atoms with Crippen LogP contribution in [-0.2, 0) is 0 Å². The highest BCUT2D eigenvalue weighted by Gasteiger charge is 2.11. The van der Waals surface area contributed by atoms with Crippen LogP contribution in [0.5, 0.6) is 11.5 Å². The van der Waals surface area contributed by atoms with Gasteiger partial charge in [-0.3, -0.25) is 15.0 Å². The van der Waals surface area contributed by atoms with E-state index in [2.05, 4.69) is 46.1 Å². The fourth-order valence-corrected chi connectivity index (χ4v) is 4.36. The Bertz CT molecular complexity index is 1480. The van der Waals surface area contributed by atoms with Gasteiger partial charge in [-0.1, -0.05) is 60.7 Å². The molecule has 163 valence electrons. The minimum absolute atomic E-state index is 0.704. The van der Waals surface area contributed by atoms with E-state index in [1.165, 1.54) is 10.9 Å². The van der Waals surface area contributed by atoms with Gasteiger partial charge in [-0.05, 0) is 42.8 Å². The summed E-state index contributed by atoms with van der Waals surface area (Å²) in [4.78, 5) is 13.0. The molecule has 0 saturated carbocycles. The van der Waals surface area contributed by atoms with Gasteiger partial charge in [-0.15, -0.1) is 0 Å². The maximum atomic E-state index is 5.84. The van der Waals surface area contributed by atoms with Crippen LogP contribution in [0.25, 0.3) is 32.7 Å². The van der Waals surface area contributed by atoms with Crippen LogP contribution < -0.4 is 7.58 Å². The molecule has 0 atom stereocenters. The van der Waals surface area contributed by atoms with Crippen LogP contribution in [0, 0.1) is 6.92 Å². The highest BCUT2D eigenvalue weighted by molar-refractivity contribution is 6.21. The summed E-state index contributed by atoms with van der Waals surface area (Å²) in [5.74, 6) is 1.48. The zero-order valence-electron chi connectivity index (χ0n) is 18.6. The quantitative estimate of drug-likeness (QED) is 0.290. The van der Waals surface area contributed by atoms with E-state index in [9.17, 15) is 0 Å². The van der Waals surface area contributed by atoms with Crippen molar-refractivity contribution < 1.29 is 7.58 Å². The second-order valence-corrected chi connectivity index (χ2v) is 8.31. The molecular formula is C28H21AlN3O2. The van der Waals surface area contributed by atoms with Gasteiger partial charge in [0.15, 0.2) is 0 Å². The third-order valence-corrected chi connectivity index (χ3v) is 6.08. The van der Waals surface area contributed by atoms with Gasteiger partial charge in [0.05, 0.1) is 5.52 Å². The molecule has 3 aromatic carbocycles. The monoisotopic (exact) mass is 458 g/mol. The van der Waals surface area contributed by atoms with Gasteiger partial charge in [0, 0.05) is 34.7 Å². The van der Waals surface area contributed by atoms with E-state index in [-0.39, 0.29) is 0 Å². The first-order chi connectivity index (χ1) is 16.8. The van der Waals surface area contributed by atoms with Gasteiger partial charge >= 0.3 is 15.9 Å². The standard InChI is InChI=1S/C10H9N.2C9H7NO.Al/c1-8-4-2-5-9-6-3-7-11-10(8)9;2*11-8-5-1-3-7-4-2-6-10-9(7)8;/h2-7H,1H3;2*1-6,11H;/q;;;+2/p-2. The number of benzene rings is 3. The second-order valence-electron chi connectivity index (χ2n) is 7.64. The average Bonchev–Trinajstić information content (AvgIpc) is 2.90. The molecule has 6 rings (SSSR count). The van der Waals surface area contributed by atoms with Crippen molar-refractivity contribution in [3.8, 4) is 11.5 Å². The van der Waals surface area contributed by atoms with Crippen molar-refractivity contribution in [2.24, 2.45) is 0 Å². The van der Waals surface area contributed by atoms with Gasteiger partial charge in [0.25, 0.3) is 0 Å². The van der Waals surface area contributed by atoms with Crippen molar-refractivity contribution in [1.82, 2.24) is 15.0 Å². The van der Waals surface area contributed by atoms with E-state index in [1.807, 2.05) is 72.9 Å². The maximum Gasteiger partial charge on any atom is 0.882 e. The lowest BCUT2D eigenvalue weighted by molar-refractivity contribution is 0.463. The molecule has 6 heteroatoms. The Hall–Kier alpha value is -3.98. The number of hydrogen-bond donors (Lipinski definition) is 0. The van der Waals surface area contributed by atoms with Gasteiger partial charge in [-0.25, -0.2) is 0 Å². The zero-order chi connectivity index (χ0) is 23.2. The molecular weight excluding hydrogens is 437 g/mol. The smallest absolute Gasteiger partial charge is 0.614 e. The number of aryl methyl sites for hydroxylation is 1. The molecule has 6 aromatic rings. The molecule has 1 radical (unpaired) electrons. The van der Waals surface area contributed by atoms with Crippen molar-refractivity contribution in [3.63, 3.8) is 0 Å². The summed E-state index contributed by atoms with van der Waals surface area (Å²) in [5, 5.41) is 3.32. The Morgan fingerprint density at radius 2 is 0.912 bits per heavy atom. The van der Waals surface area contributed by atoms with Crippen molar-refractivity contribution in [3.05, 3.63) is 115 Å². The fraction of sp³-hybridized carbons (Fsp3) is 0.0357. The first-order valence-corrected chi connectivity index (χ1v) is 11.9. The molecule has 0 bridgehead atoms. The number of fused-ring (bicyclic) bond motifs is 3. The fourth-order valence-electron chi connectivity index (χ4n) is 3.73. The van der Waals surface area contributed by atoms with Crippen molar-refractivity contribution in [2.45, 2.75) is 6.92 Å². The number of pyridine rings is 3. The Morgan fingerprint density at radius 1 is 0.500 bits per heavy atom. The third kappa shape index (κ3) is 4.84. The number of aromatic nitrogens is 3. The molecule has 0 amide bonds. The van der Waals surface area contributed by atoms with E-state index in [4.69, 9.17) is 7.58 Å². The molecule has 3 heterocycles. The van der Waals surface area contributed by atoms with Crippen LogP contribution in [0.15, 0.2) is 110 Å². The van der Waals surface area contributed by atoms with Gasteiger partial charge in [0.2, 0.25) is 0 Å². The second kappa shape index (κ2) is 10.3. The topological polar surface area (TPSA) is 57.1 Å². The number of hydrogen-bond acceptors (Lipinski definition) is 5. The van der Waals surface area contributed by atoms with Crippen LogP contribution in [0.2, 0.25) is 0 Å². The van der Waals surface area contributed by atoms with E-state index < -0.39 is 15.9 Å². The van der Waals surface area contributed by atoms with Gasteiger partial charge in [-0.2, -0.15) is 0 Å². The first kappa shape index (κ1) is 21.8. The summed E-state index contributed by atoms with van der Waals surface area (Å²) < 4.78 is 11.7. The summed E-state index contributed by atoms with van der Waals surface area (Å²) in [5.41, 5.74) is 4.04. The number of nitrogens with zero attached hydrogens (tertiary/aromatic N) is 3. The first-order valence-electron chi connectivity index (χ1n) is 10.9. The highest BCUT2D eigenvalue weighted by Crippen LogP contribution is 2.25.